The first kappa shape index (κ1) is 9.59. The van der Waals surface area contributed by atoms with Crippen LogP contribution in [-0.2, 0) is 0 Å². The molecule has 0 bridgehead atoms. The average Bonchev–Trinajstić information content (AvgIpc) is 2.08. The highest BCUT2D eigenvalue weighted by atomic mass is 14.5. The summed E-state index contributed by atoms with van der Waals surface area (Å²) in [4.78, 5) is 0. The van der Waals surface area contributed by atoms with E-state index in [0.717, 1.165) is 16.0 Å². The maximum atomic E-state index is 5.52. The maximum Gasteiger partial charge on any atom is 0.00176 e. The minimum Gasteiger partial charge on any atom is -0.404 e. The summed E-state index contributed by atoms with van der Waals surface area (Å²) in [5.74, 6) is 0. The van der Waals surface area contributed by atoms with Crippen molar-refractivity contribution in [1.29, 1.82) is 0 Å². The van der Waals surface area contributed by atoms with Crippen LogP contribution in [0.4, 0.5) is 0 Å². The van der Waals surface area contributed by atoms with Gasteiger partial charge in [-0.2, -0.15) is 0 Å². The molecule has 0 aromatic heterocycles. The second-order valence-electron chi connectivity index (χ2n) is 3.24. The molecule has 0 atom stereocenters. The SMILES string of the molecule is C=C(C)/C=c1/c(C)ccc/c1=C/N. The van der Waals surface area contributed by atoms with Crippen molar-refractivity contribution >= 4 is 12.3 Å². The average molecular weight is 173 g/mol. The van der Waals surface area contributed by atoms with Crippen LogP contribution in [0.2, 0.25) is 0 Å². The van der Waals surface area contributed by atoms with Gasteiger partial charge in [-0.05, 0) is 29.8 Å². The zero-order chi connectivity index (χ0) is 9.84. The van der Waals surface area contributed by atoms with Gasteiger partial charge in [0.1, 0.15) is 0 Å². The van der Waals surface area contributed by atoms with Gasteiger partial charge in [0.05, 0.1) is 0 Å². The number of benzene rings is 1. The molecule has 0 amide bonds. The Morgan fingerprint density at radius 3 is 2.69 bits per heavy atom. The molecule has 0 heterocycles. The van der Waals surface area contributed by atoms with Crippen molar-refractivity contribution in [3.8, 4) is 0 Å². The molecule has 68 valence electrons. The molecule has 13 heavy (non-hydrogen) atoms. The van der Waals surface area contributed by atoms with Crippen LogP contribution in [0.25, 0.3) is 12.3 Å². The smallest absolute Gasteiger partial charge is 0.00176 e. The van der Waals surface area contributed by atoms with E-state index in [4.69, 9.17) is 5.73 Å². The summed E-state index contributed by atoms with van der Waals surface area (Å²) in [5, 5.41) is 2.22. The van der Waals surface area contributed by atoms with Crippen molar-refractivity contribution in [3.63, 3.8) is 0 Å². The number of allylic oxidation sites excluding steroid dienone is 1. The lowest BCUT2D eigenvalue weighted by molar-refractivity contribution is 1.35. The predicted octanol–water partition coefficient (Wildman–Crippen LogP) is 1.05. The van der Waals surface area contributed by atoms with E-state index in [9.17, 15) is 0 Å². The number of hydrogen-bond donors (Lipinski definition) is 1. The van der Waals surface area contributed by atoms with Crippen LogP contribution in [0.5, 0.6) is 0 Å². The van der Waals surface area contributed by atoms with Crippen molar-refractivity contribution in [2.24, 2.45) is 5.73 Å². The Balaban J connectivity index is 3.60. The number of rotatable bonds is 1. The van der Waals surface area contributed by atoms with Gasteiger partial charge in [0.2, 0.25) is 0 Å². The van der Waals surface area contributed by atoms with E-state index in [1.807, 2.05) is 25.1 Å². The zero-order valence-electron chi connectivity index (χ0n) is 8.17. The van der Waals surface area contributed by atoms with Gasteiger partial charge in [-0.25, -0.2) is 0 Å². The molecule has 0 unspecified atom stereocenters. The lowest BCUT2D eigenvalue weighted by atomic mass is 10.1. The molecule has 0 saturated carbocycles. The fourth-order valence-electron chi connectivity index (χ4n) is 1.29. The van der Waals surface area contributed by atoms with E-state index in [2.05, 4.69) is 19.6 Å². The predicted molar refractivity (Wildman–Crippen MR) is 58.4 cm³/mol. The molecular weight excluding hydrogens is 158 g/mol. The zero-order valence-corrected chi connectivity index (χ0v) is 8.17. The van der Waals surface area contributed by atoms with E-state index in [-0.39, 0.29) is 0 Å². The van der Waals surface area contributed by atoms with Crippen molar-refractivity contribution in [3.05, 3.63) is 46.4 Å². The lowest BCUT2D eigenvalue weighted by Crippen LogP contribution is -2.28. The van der Waals surface area contributed by atoms with Crippen molar-refractivity contribution < 1.29 is 0 Å². The lowest BCUT2D eigenvalue weighted by Gasteiger charge is -1.96. The molecule has 0 radical (unpaired) electrons. The summed E-state index contributed by atoms with van der Waals surface area (Å²) in [6.45, 7) is 7.91. The number of hydrogen-bond acceptors (Lipinski definition) is 1. The van der Waals surface area contributed by atoms with Crippen LogP contribution in [0.1, 0.15) is 12.5 Å². The van der Waals surface area contributed by atoms with E-state index in [0.29, 0.717) is 0 Å². The minimum absolute atomic E-state index is 1.04. The van der Waals surface area contributed by atoms with Gasteiger partial charge >= 0.3 is 0 Å². The summed E-state index contributed by atoms with van der Waals surface area (Å²) in [6, 6.07) is 6.08. The Morgan fingerprint density at radius 2 is 2.15 bits per heavy atom. The first-order valence-corrected chi connectivity index (χ1v) is 4.30. The fourth-order valence-corrected chi connectivity index (χ4v) is 1.29. The molecule has 0 aliphatic heterocycles. The molecule has 1 aromatic carbocycles. The molecule has 1 heteroatoms. The Kier molecular flexibility index (Phi) is 2.91. The summed E-state index contributed by atoms with van der Waals surface area (Å²) < 4.78 is 0. The van der Waals surface area contributed by atoms with Gasteiger partial charge in [0, 0.05) is 6.20 Å². The highest BCUT2D eigenvalue weighted by Gasteiger charge is 1.89. The molecule has 2 N–H and O–H groups in total. The van der Waals surface area contributed by atoms with Gasteiger partial charge in [-0.3, -0.25) is 0 Å². The van der Waals surface area contributed by atoms with Crippen LogP contribution >= 0.6 is 0 Å². The van der Waals surface area contributed by atoms with Gasteiger partial charge in [0.15, 0.2) is 0 Å². The Morgan fingerprint density at radius 1 is 1.46 bits per heavy atom. The third-order valence-corrected chi connectivity index (χ3v) is 1.93. The first-order valence-electron chi connectivity index (χ1n) is 4.30. The van der Waals surface area contributed by atoms with Crippen LogP contribution in [0, 0.1) is 6.92 Å². The number of aryl methyl sites for hydroxylation is 1. The molecular formula is C12H15N. The largest absolute Gasteiger partial charge is 0.404 e. The topological polar surface area (TPSA) is 26.0 Å². The molecule has 1 aromatic rings. The van der Waals surface area contributed by atoms with Crippen LogP contribution in [0.3, 0.4) is 0 Å². The highest BCUT2D eigenvalue weighted by molar-refractivity contribution is 5.46. The van der Waals surface area contributed by atoms with E-state index in [1.165, 1.54) is 5.56 Å². The summed E-state index contributed by atoms with van der Waals surface area (Å²) in [5.41, 5.74) is 7.78. The summed E-state index contributed by atoms with van der Waals surface area (Å²) in [7, 11) is 0. The second-order valence-corrected chi connectivity index (χ2v) is 3.24. The minimum atomic E-state index is 1.04. The van der Waals surface area contributed by atoms with Crippen LogP contribution < -0.4 is 16.2 Å². The van der Waals surface area contributed by atoms with Gasteiger partial charge in [-0.1, -0.05) is 36.4 Å². The van der Waals surface area contributed by atoms with Crippen LogP contribution in [-0.4, -0.2) is 0 Å². The van der Waals surface area contributed by atoms with E-state index >= 15 is 0 Å². The fraction of sp³-hybridized carbons (Fsp3) is 0.167. The van der Waals surface area contributed by atoms with E-state index in [1.54, 1.807) is 6.20 Å². The molecule has 0 fully saturated rings. The molecule has 0 aliphatic rings. The Labute approximate surface area is 78.9 Å². The maximum absolute atomic E-state index is 5.52. The Bertz CT molecular complexity index is 427. The van der Waals surface area contributed by atoms with Gasteiger partial charge in [-0.15, -0.1) is 0 Å². The van der Waals surface area contributed by atoms with Crippen LogP contribution in [0.15, 0.2) is 30.4 Å². The van der Waals surface area contributed by atoms with Gasteiger partial charge < -0.3 is 5.73 Å². The quantitative estimate of drug-likeness (QED) is 0.675. The monoisotopic (exact) mass is 173 g/mol. The molecule has 0 spiro atoms. The van der Waals surface area contributed by atoms with Crippen molar-refractivity contribution in [2.75, 3.05) is 0 Å². The molecule has 1 nitrogen and oxygen atoms in total. The van der Waals surface area contributed by atoms with Crippen molar-refractivity contribution in [2.45, 2.75) is 13.8 Å². The Hall–Kier alpha value is -1.50. The van der Waals surface area contributed by atoms with E-state index < -0.39 is 0 Å². The summed E-state index contributed by atoms with van der Waals surface area (Å²) >= 11 is 0. The third kappa shape index (κ3) is 2.22. The first-order chi connectivity index (χ1) is 6.15. The molecule has 1 rings (SSSR count). The normalized spacial score (nSPS) is 13.4. The second kappa shape index (κ2) is 3.94. The third-order valence-electron chi connectivity index (χ3n) is 1.93. The highest BCUT2D eigenvalue weighted by Crippen LogP contribution is 1.89. The standard InChI is InChI=1S/C12H15N/c1-9(2)7-12-10(3)5-4-6-11(12)8-13/h4-8H,1,13H2,2-3H3/b11-8-,12-7-. The molecule has 0 aliphatic carbocycles. The van der Waals surface area contributed by atoms with Gasteiger partial charge in [0.25, 0.3) is 0 Å². The number of nitrogens with two attached hydrogens (primary N) is 1. The van der Waals surface area contributed by atoms with Crippen molar-refractivity contribution in [1.82, 2.24) is 0 Å². The summed E-state index contributed by atoms with van der Waals surface area (Å²) in [6.07, 6.45) is 3.68. The molecule has 0 saturated heterocycles.